The number of carbonyl (C=O) groups excluding carboxylic acids is 1. The van der Waals surface area contributed by atoms with E-state index in [0.717, 1.165) is 18.0 Å². The summed E-state index contributed by atoms with van der Waals surface area (Å²) in [5.41, 5.74) is 4.37. The van der Waals surface area contributed by atoms with Crippen molar-refractivity contribution in [3.8, 4) is 0 Å². The Morgan fingerprint density at radius 2 is 1.73 bits per heavy atom. The van der Waals surface area contributed by atoms with Gasteiger partial charge in [0.25, 0.3) is 5.91 Å². The van der Waals surface area contributed by atoms with Crippen LogP contribution in [-0.2, 0) is 11.8 Å². The fourth-order valence-electron chi connectivity index (χ4n) is 8.38. The van der Waals surface area contributed by atoms with Crippen LogP contribution in [0.4, 0.5) is 0 Å². The molecule has 6 aliphatic rings. The Kier molecular flexibility index (Phi) is 4.73. The molecule has 3 nitrogen and oxygen atoms in total. The smallest absolute Gasteiger partial charge is 0.254 e. The Hall–Kier alpha value is -2.13. The predicted molar refractivity (Wildman–Crippen MR) is 131 cm³/mol. The van der Waals surface area contributed by atoms with E-state index in [1.54, 1.807) is 11.1 Å². The molecule has 2 saturated carbocycles. The Morgan fingerprint density at radius 1 is 0.909 bits per heavy atom. The number of amides is 1. The number of hydrogen-bond donors (Lipinski definition) is 0. The van der Waals surface area contributed by atoms with Gasteiger partial charge in [-0.25, -0.2) is 0 Å². The quantitative estimate of drug-likeness (QED) is 0.647. The van der Waals surface area contributed by atoms with E-state index in [2.05, 4.69) is 34.1 Å². The summed E-state index contributed by atoms with van der Waals surface area (Å²) >= 11 is 0. The van der Waals surface area contributed by atoms with Crippen molar-refractivity contribution in [3.63, 3.8) is 0 Å². The third kappa shape index (κ3) is 3.22. The van der Waals surface area contributed by atoms with Gasteiger partial charge in [-0.2, -0.15) is 0 Å². The van der Waals surface area contributed by atoms with Gasteiger partial charge >= 0.3 is 0 Å². The van der Waals surface area contributed by atoms with Gasteiger partial charge in [0, 0.05) is 36.2 Å². The molecule has 0 N–H and O–H groups in total. The number of hydrogen-bond acceptors (Lipinski definition) is 2. The summed E-state index contributed by atoms with van der Waals surface area (Å²) < 4.78 is 0. The minimum absolute atomic E-state index is 0.245. The van der Waals surface area contributed by atoms with Crippen LogP contribution in [0.2, 0.25) is 0 Å². The summed E-state index contributed by atoms with van der Waals surface area (Å²) in [6.07, 6.45) is 10.3. The van der Waals surface area contributed by atoms with E-state index >= 15 is 0 Å². The first-order chi connectivity index (χ1) is 16.2. The number of carbonyl (C=O) groups is 1. The number of rotatable bonds is 3. The van der Waals surface area contributed by atoms with Crippen molar-refractivity contribution in [2.24, 2.45) is 17.8 Å². The van der Waals surface area contributed by atoms with E-state index < -0.39 is 0 Å². The molecule has 8 rings (SSSR count). The van der Waals surface area contributed by atoms with Gasteiger partial charge in [-0.3, -0.25) is 9.69 Å². The molecule has 2 aromatic carbocycles. The van der Waals surface area contributed by atoms with E-state index in [1.165, 1.54) is 64.5 Å². The van der Waals surface area contributed by atoms with Crippen molar-refractivity contribution in [1.82, 2.24) is 9.80 Å². The zero-order valence-electron chi connectivity index (χ0n) is 19.7. The van der Waals surface area contributed by atoms with Gasteiger partial charge in [-0.15, -0.1) is 0 Å². The summed E-state index contributed by atoms with van der Waals surface area (Å²) in [5, 5.41) is 0. The summed E-state index contributed by atoms with van der Waals surface area (Å²) in [6, 6.07) is 20.5. The molecule has 4 fully saturated rings. The lowest BCUT2D eigenvalue weighted by molar-refractivity contribution is 0.0677. The molecule has 1 amide bonds. The van der Waals surface area contributed by atoms with E-state index in [-0.39, 0.29) is 11.3 Å². The van der Waals surface area contributed by atoms with Crippen molar-refractivity contribution in [2.75, 3.05) is 19.6 Å². The first-order valence-corrected chi connectivity index (χ1v) is 13.4. The third-order valence-corrected chi connectivity index (χ3v) is 9.99. The first kappa shape index (κ1) is 20.3. The maximum atomic E-state index is 13.7. The molecule has 2 saturated heterocycles. The van der Waals surface area contributed by atoms with Gasteiger partial charge in [-0.05, 0) is 98.9 Å². The summed E-state index contributed by atoms with van der Waals surface area (Å²) in [4.78, 5) is 18.9. The zero-order valence-corrected chi connectivity index (χ0v) is 19.7. The minimum Gasteiger partial charge on any atom is -0.335 e. The molecule has 3 aliphatic heterocycles. The number of nitrogens with zero attached hydrogens (tertiary/aromatic N) is 2. The molecular weight excluding hydrogens is 404 g/mol. The molecule has 2 aromatic rings. The minimum atomic E-state index is 0.245. The highest BCUT2D eigenvalue weighted by Gasteiger charge is 2.59. The maximum absolute atomic E-state index is 13.7. The number of fused-ring (bicyclic) bond motifs is 3. The van der Waals surface area contributed by atoms with Crippen LogP contribution >= 0.6 is 0 Å². The molecule has 3 aliphatic carbocycles. The normalized spacial score (nSPS) is 35.3. The Morgan fingerprint density at radius 3 is 2.58 bits per heavy atom. The molecule has 0 aromatic heterocycles. The molecule has 4 unspecified atom stereocenters. The van der Waals surface area contributed by atoms with Crippen LogP contribution in [0.1, 0.15) is 66.4 Å². The van der Waals surface area contributed by atoms with Gasteiger partial charge < -0.3 is 4.90 Å². The molecule has 5 atom stereocenters. The van der Waals surface area contributed by atoms with Crippen molar-refractivity contribution in [2.45, 2.75) is 68.9 Å². The number of benzene rings is 2. The Labute approximate surface area is 198 Å². The van der Waals surface area contributed by atoms with Crippen LogP contribution in [0.25, 0.3) is 0 Å². The largest absolute Gasteiger partial charge is 0.335 e. The highest BCUT2D eigenvalue weighted by molar-refractivity contribution is 5.94. The second kappa shape index (κ2) is 7.70. The lowest BCUT2D eigenvalue weighted by atomic mass is 9.65. The molecule has 1 spiro atoms. The second-order valence-electron chi connectivity index (χ2n) is 11.7. The van der Waals surface area contributed by atoms with Crippen LogP contribution < -0.4 is 0 Å². The molecule has 3 heteroatoms. The second-order valence-corrected chi connectivity index (χ2v) is 11.7. The van der Waals surface area contributed by atoms with E-state index in [0.29, 0.717) is 23.9 Å². The van der Waals surface area contributed by atoms with Gasteiger partial charge in [-0.1, -0.05) is 42.5 Å². The van der Waals surface area contributed by atoms with Crippen LogP contribution in [0, 0.1) is 17.8 Å². The molecule has 2 bridgehead atoms. The summed E-state index contributed by atoms with van der Waals surface area (Å²) in [6.45, 7) is 3.51. The molecule has 172 valence electrons. The van der Waals surface area contributed by atoms with Crippen LogP contribution in [0.5, 0.6) is 0 Å². The van der Waals surface area contributed by atoms with Crippen molar-refractivity contribution >= 4 is 5.91 Å². The van der Waals surface area contributed by atoms with Gasteiger partial charge in [0.2, 0.25) is 0 Å². The standard InChI is InChI=1S/C30H36N2O/c33-29(22-6-2-1-3-7-22)32-20-24-14-15-30-16-17-31(19-21-10-11-21)25(12-13-27(32)28(24)30)18-23-8-4-5-9-26(23)30/h1-9,21,24-25,27-28H,10-20H2/t24-,25?,27?,28?,30?/m1/s1. The maximum Gasteiger partial charge on any atom is 0.254 e. The highest BCUT2D eigenvalue weighted by Crippen LogP contribution is 2.59. The van der Waals surface area contributed by atoms with Crippen molar-refractivity contribution < 1.29 is 4.79 Å². The van der Waals surface area contributed by atoms with Crippen LogP contribution in [0.15, 0.2) is 54.6 Å². The average molecular weight is 441 g/mol. The van der Waals surface area contributed by atoms with Gasteiger partial charge in [0.15, 0.2) is 0 Å². The lowest BCUT2D eigenvalue weighted by Gasteiger charge is -2.43. The van der Waals surface area contributed by atoms with E-state index in [4.69, 9.17) is 0 Å². The summed E-state index contributed by atoms with van der Waals surface area (Å²) in [5.74, 6) is 2.47. The predicted octanol–water partition coefficient (Wildman–Crippen LogP) is 5.30. The fourth-order valence-corrected chi connectivity index (χ4v) is 8.38. The van der Waals surface area contributed by atoms with Gasteiger partial charge in [0.05, 0.1) is 0 Å². The molecule has 0 radical (unpaired) electrons. The third-order valence-electron chi connectivity index (χ3n) is 9.99. The van der Waals surface area contributed by atoms with E-state index in [9.17, 15) is 4.79 Å². The molecular formula is C30H36N2O. The lowest BCUT2D eigenvalue weighted by Crippen LogP contribution is -2.46. The average Bonchev–Trinajstić information content (AvgIpc) is 3.45. The van der Waals surface area contributed by atoms with Crippen LogP contribution in [-0.4, -0.2) is 47.4 Å². The monoisotopic (exact) mass is 440 g/mol. The fraction of sp³-hybridized carbons (Fsp3) is 0.567. The van der Waals surface area contributed by atoms with Crippen molar-refractivity contribution in [3.05, 3.63) is 71.3 Å². The zero-order chi connectivity index (χ0) is 22.0. The summed E-state index contributed by atoms with van der Waals surface area (Å²) in [7, 11) is 0. The van der Waals surface area contributed by atoms with Gasteiger partial charge in [0.1, 0.15) is 0 Å². The topological polar surface area (TPSA) is 23.6 Å². The van der Waals surface area contributed by atoms with E-state index in [1.807, 2.05) is 30.3 Å². The number of likely N-dealkylation sites (tertiary alicyclic amines) is 1. The molecule has 33 heavy (non-hydrogen) atoms. The highest BCUT2D eigenvalue weighted by atomic mass is 16.2. The van der Waals surface area contributed by atoms with Crippen LogP contribution in [0.3, 0.4) is 0 Å². The first-order valence-electron chi connectivity index (χ1n) is 13.4. The molecule has 3 heterocycles. The SMILES string of the molecule is O=C(c1ccccc1)N1C[C@H]2CCC34CCN(CC5CC5)C(CCC1C23)Cc1ccccc14. The Bertz CT molecular complexity index is 1050. The Balaban J connectivity index is 1.32. The van der Waals surface area contributed by atoms with Crippen molar-refractivity contribution in [1.29, 1.82) is 0 Å².